The van der Waals surface area contributed by atoms with E-state index < -0.39 is 0 Å². The maximum absolute atomic E-state index is 9.50. The highest BCUT2D eigenvalue weighted by Gasteiger charge is 2.35. The van der Waals surface area contributed by atoms with Gasteiger partial charge in [0.1, 0.15) is 5.75 Å². The van der Waals surface area contributed by atoms with E-state index in [0.717, 1.165) is 25.9 Å². The van der Waals surface area contributed by atoms with Crippen LogP contribution in [0.15, 0.2) is 54.6 Å². The fourth-order valence-corrected chi connectivity index (χ4v) is 3.14. The highest BCUT2D eigenvalue weighted by atomic mass is 16.3. The fourth-order valence-electron chi connectivity index (χ4n) is 3.14. The van der Waals surface area contributed by atoms with Gasteiger partial charge in [0, 0.05) is 5.41 Å². The van der Waals surface area contributed by atoms with Gasteiger partial charge in [-0.3, -0.25) is 0 Å². The number of phenols is 1. The second-order valence-electron chi connectivity index (χ2n) is 5.25. The van der Waals surface area contributed by atoms with Crippen molar-refractivity contribution in [2.24, 2.45) is 0 Å². The summed E-state index contributed by atoms with van der Waals surface area (Å²) in [5.41, 5.74) is 2.76. The summed E-state index contributed by atoms with van der Waals surface area (Å²) in [6, 6.07) is 18.4. The number of rotatable bonds is 2. The van der Waals surface area contributed by atoms with Crippen LogP contribution < -0.4 is 5.32 Å². The van der Waals surface area contributed by atoms with Gasteiger partial charge in [-0.25, -0.2) is 0 Å². The molecule has 1 aliphatic heterocycles. The summed E-state index contributed by atoms with van der Waals surface area (Å²) in [7, 11) is 0. The van der Waals surface area contributed by atoms with Crippen molar-refractivity contribution in [3.8, 4) is 5.75 Å². The van der Waals surface area contributed by atoms with E-state index in [-0.39, 0.29) is 5.41 Å². The molecule has 0 amide bonds. The molecule has 0 aromatic heterocycles. The Morgan fingerprint density at radius 1 is 0.789 bits per heavy atom. The van der Waals surface area contributed by atoms with Crippen LogP contribution in [-0.2, 0) is 5.41 Å². The van der Waals surface area contributed by atoms with Crippen molar-refractivity contribution in [1.82, 2.24) is 5.32 Å². The minimum Gasteiger partial charge on any atom is -0.508 e. The third kappa shape index (κ3) is 2.24. The summed E-state index contributed by atoms with van der Waals surface area (Å²) in [6.07, 6.45) is 2.20. The van der Waals surface area contributed by atoms with Crippen LogP contribution in [0.25, 0.3) is 0 Å². The zero-order chi connectivity index (χ0) is 13.1. The fraction of sp³-hybridized carbons (Fsp3) is 0.294. The number of piperidine rings is 1. The van der Waals surface area contributed by atoms with E-state index in [9.17, 15) is 5.11 Å². The molecular weight excluding hydrogens is 234 g/mol. The first kappa shape index (κ1) is 12.2. The Labute approximate surface area is 114 Å². The number of nitrogens with one attached hydrogen (secondary N) is 1. The topological polar surface area (TPSA) is 32.3 Å². The second kappa shape index (κ2) is 5.06. The molecule has 2 aromatic rings. The van der Waals surface area contributed by atoms with Gasteiger partial charge in [0.25, 0.3) is 0 Å². The van der Waals surface area contributed by atoms with E-state index in [1.165, 1.54) is 11.1 Å². The zero-order valence-corrected chi connectivity index (χ0v) is 11.0. The van der Waals surface area contributed by atoms with Crippen molar-refractivity contribution in [3.63, 3.8) is 0 Å². The first-order valence-electron chi connectivity index (χ1n) is 6.87. The summed E-state index contributed by atoms with van der Waals surface area (Å²) >= 11 is 0. The Balaban J connectivity index is 2.09. The van der Waals surface area contributed by atoms with Crippen molar-refractivity contribution in [2.75, 3.05) is 13.1 Å². The maximum atomic E-state index is 9.50. The SMILES string of the molecule is Oc1ccc(C2(c3ccccc3)CCNCC2)cc1. The van der Waals surface area contributed by atoms with Crippen molar-refractivity contribution >= 4 is 0 Å². The predicted molar refractivity (Wildman–Crippen MR) is 77.4 cm³/mol. The molecule has 0 atom stereocenters. The quantitative estimate of drug-likeness (QED) is 0.862. The van der Waals surface area contributed by atoms with E-state index in [1.807, 2.05) is 0 Å². The molecule has 0 radical (unpaired) electrons. The predicted octanol–water partition coefficient (Wildman–Crippen LogP) is 3.06. The summed E-state index contributed by atoms with van der Waals surface area (Å²) in [5.74, 6) is 0.334. The average Bonchev–Trinajstić information content (AvgIpc) is 2.49. The molecule has 98 valence electrons. The summed E-state index contributed by atoms with van der Waals surface area (Å²) < 4.78 is 0. The molecule has 0 bridgehead atoms. The molecule has 0 aliphatic carbocycles. The molecule has 2 nitrogen and oxygen atoms in total. The largest absolute Gasteiger partial charge is 0.508 e. The normalized spacial score (nSPS) is 18.1. The van der Waals surface area contributed by atoms with E-state index >= 15 is 0 Å². The van der Waals surface area contributed by atoms with Crippen LogP contribution in [0.5, 0.6) is 5.75 Å². The Kier molecular flexibility index (Phi) is 3.26. The molecule has 0 unspecified atom stereocenters. The lowest BCUT2D eigenvalue weighted by molar-refractivity contribution is 0.361. The summed E-state index contributed by atoms with van der Waals surface area (Å²) in [5, 5.41) is 12.9. The van der Waals surface area contributed by atoms with E-state index in [1.54, 1.807) is 12.1 Å². The second-order valence-corrected chi connectivity index (χ2v) is 5.25. The number of benzene rings is 2. The third-order valence-corrected chi connectivity index (χ3v) is 4.20. The Hall–Kier alpha value is -1.80. The average molecular weight is 253 g/mol. The van der Waals surface area contributed by atoms with Crippen LogP contribution in [0.1, 0.15) is 24.0 Å². The highest BCUT2D eigenvalue weighted by Crippen LogP contribution is 2.40. The first-order valence-corrected chi connectivity index (χ1v) is 6.87. The van der Waals surface area contributed by atoms with Crippen molar-refractivity contribution < 1.29 is 5.11 Å². The molecule has 2 aromatic carbocycles. The van der Waals surface area contributed by atoms with E-state index in [4.69, 9.17) is 0 Å². The lowest BCUT2D eigenvalue weighted by atomic mass is 9.68. The summed E-state index contributed by atoms with van der Waals surface area (Å²) in [6.45, 7) is 2.07. The number of hydrogen-bond acceptors (Lipinski definition) is 2. The molecular formula is C17H19NO. The minimum absolute atomic E-state index is 0.0835. The molecule has 1 saturated heterocycles. The molecule has 1 fully saturated rings. The van der Waals surface area contributed by atoms with Gasteiger partial charge < -0.3 is 10.4 Å². The number of phenolic OH excluding ortho intramolecular Hbond substituents is 1. The molecule has 2 heteroatoms. The molecule has 2 N–H and O–H groups in total. The van der Waals surface area contributed by atoms with Crippen LogP contribution in [-0.4, -0.2) is 18.2 Å². The summed E-state index contributed by atoms with van der Waals surface area (Å²) in [4.78, 5) is 0. The van der Waals surface area contributed by atoms with Gasteiger partial charge in [-0.2, -0.15) is 0 Å². The van der Waals surface area contributed by atoms with Gasteiger partial charge in [-0.05, 0) is 49.2 Å². The lowest BCUT2D eigenvalue weighted by Gasteiger charge is -2.39. The van der Waals surface area contributed by atoms with Crippen molar-refractivity contribution in [3.05, 3.63) is 65.7 Å². The molecule has 0 saturated carbocycles. The molecule has 1 aliphatic rings. The molecule has 19 heavy (non-hydrogen) atoms. The highest BCUT2D eigenvalue weighted by molar-refractivity contribution is 5.41. The van der Waals surface area contributed by atoms with Crippen LogP contribution in [0, 0.1) is 0 Å². The van der Waals surface area contributed by atoms with Gasteiger partial charge in [0.15, 0.2) is 0 Å². The van der Waals surface area contributed by atoms with E-state index in [2.05, 4.69) is 47.8 Å². The van der Waals surface area contributed by atoms with Crippen LogP contribution in [0.3, 0.4) is 0 Å². The standard InChI is InChI=1S/C17H19NO/c19-16-8-6-15(7-9-16)17(10-12-18-13-11-17)14-4-2-1-3-5-14/h1-9,18-19H,10-13H2. The van der Waals surface area contributed by atoms with Gasteiger partial charge >= 0.3 is 0 Å². The molecule has 1 heterocycles. The monoisotopic (exact) mass is 253 g/mol. The van der Waals surface area contributed by atoms with Crippen LogP contribution in [0.4, 0.5) is 0 Å². The van der Waals surface area contributed by atoms with Gasteiger partial charge in [-0.1, -0.05) is 42.5 Å². The van der Waals surface area contributed by atoms with Gasteiger partial charge in [-0.15, -0.1) is 0 Å². The van der Waals surface area contributed by atoms with Crippen LogP contribution in [0.2, 0.25) is 0 Å². The number of aromatic hydroxyl groups is 1. The molecule has 0 spiro atoms. The van der Waals surface area contributed by atoms with Crippen LogP contribution >= 0.6 is 0 Å². The van der Waals surface area contributed by atoms with Crippen molar-refractivity contribution in [2.45, 2.75) is 18.3 Å². The first-order chi connectivity index (χ1) is 9.31. The Morgan fingerprint density at radius 3 is 2.00 bits per heavy atom. The van der Waals surface area contributed by atoms with Crippen molar-refractivity contribution in [1.29, 1.82) is 0 Å². The minimum atomic E-state index is 0.0835. The van der Waals surface area contributed by atoms with E-state index in [0.29, 0.717) is 5.75 Å². The van der Waals surface area contributed by atoms with Gasteiger partial charge in [0.2, 0.25) is 0 Å². The third-order valence-electron chi connectivity index (χ3n) is 4.20. The molecule has 3 rings (SSSR count). The van der Waals surface area contributed by atoms with Gasteiger partial charge in [0.05, 0.1) is 0 Å². The maximum Gasteiger partial charge on any atom is 0.115 e. The number of hydrogen-bond donors (Lipinski definition) is 2. The lowest BCUT2D eigenvalue weighted by Crippen LogP contribution is -2.40. The smallest absolute Gasteiger partial charge is 0.115 e. The zero-order valence-electron chi connectivity index (χ0n) is 11.0. The Bertz CT molecular complexity index is 527. The Morgan fingerprint density at radius 2 is 1.37 bits per heavy atom.